The summed E-state index contributed by atoms with van der Waals surface area (Å²) in [5, 5.41) is 1.10. The molecule has 0 radical (unpaired) electrons. The fourth-order valence-electron chi connectivity index (χ4n) is 2.26. The third kappa shape index (κ3) is 3.42. The number of nitrogens with zero attached hydrogens (tertiary/aromatic N) is 1. The van der Waals surface area contributed by atoms with E-state index in [1.807, 2.05) is 6.92 Å². The summed E-state index contributed by atoms with van der Waals surface area (Å²) in [5.74, 6) is -1.08. The van der Waals surface area contributed by atoms with Gasteiger partial charge in [0.25, 0.3) is 11.8 Å². The van der Waals surface area contributed by atoms with Crippen molar-refractivity contribution in [3.8, 4) is 0 Å². The maximum Gasteiger partial charge on any atom is 0.261 e. The molecule has 2 heterocycles. The van der Waals surface area contributed by atoms with E-state index in [-0.39, 0.29) is 26.6 Å². The van der Waals surface area contributed by atoms with Gasteiger partial charge in [0.05, 0.1) is 16.0 Å². The molecule has 0 bridgehead atoms. The van der Waals surface area contributed by atoms with E-state index in [1.165, 1.54) is 0 Å². The first kappa shape index (κ1) is 17.2. The Bertz CT molecular complexity index is 1010. The van der Waals surface area contributed by atoms with Crippen molar-refractivity contribution in [2.24, 2.45) is 5.73 Å². The Morgan fingerprint density at radius 2 is 2.04 bits per heavy atom. The van der Waals surface area contributed by atoms with Crippen LogP contribution < -0.4 is 15.2 Å². The molecule has 0 fully saturated rings. The minimum Gasteiger partial charge on any atom is -0.365 e. The number of aromatic nitrogens is 2. The van der Waals surface area contributed by atoms with Gasteiger partial charge in [0.1, 0.15) is 10.7 Å². The number of aryl methyl sites for hydroxylation is 1. The number of nitrogens with two attached hydrogens (primary N) is 1. The fraction of sp³-hybridized carbons (Fsp3) is 0.125. The smallest absolute Gasteiger partial charge is 0.261 e. The molecule has 4 N–H and O–H groups in total. The van der Waals surface area contributed by atoms with E-state index in [0.717, 1.165) is 23.3 Å². The first-order chi connectivity index (χ1) is 12.0. The van der Waals surface area contributed by atoms with Crippen LogP contribution in [0.15, 0.2) is 40.2 Å². The van der Waals surface area contributed by atoms with Crippen LogP contribution >= 0.6 is 23.3 Å². The zero-order valence-corrected chi connectivity index (χ0v) is 14.8. The number of aromatic amines is 1. The molecular formula is C16H14N4O3S2. The van der Waals surface area contributed by atoms with Crippen LogP contribution in [0.25, 0.3) is 11.0 Å². The van der Waals surface area contributed by atoms with E-state index in [2.05, 4.69) is 14.7 Å². The molecule has 0 saturated carbocycles. The average molecular weight is 374 g/mol. The predicted molar refractivity (Wildman–Crippen MR) is 97.9 cm³/mol. The highest BCUT2D eigenvalue weighted by molar-refractivity contribution is 7.98. The quantitative estimate of drug-likeness (QED) is 0.591. The molecule has 3 aromatic rings. The molecule has 7 nitrogen and oxygen atoms in total. The summed E-state index contributed by atoms with van der Waals surface area (Å²) in [6.07, 6.45) is 0.605. The van der Waals surface area contributed by atoms with Crippen molar-refractivity contribution in [3.05, 3.63) is 56.0 Å². The second kappa shape index (κ2) is 7.08. The van der Waals surface area contributed by atoms with Crippen molar-refractivity contribution in [3.63, 3.8) is 0 Å². The van der Waals surface area contributed by atoms with Crippen LogP contribution in [0.1, 0.15) is 32.6 Å². The van der Waals surface area contributed by atoms with Crippen LogP contribution in [0.4, 0.5) is 0 Å². The Labute approximate surface area is 150 Å². The van der Waals surface area contributed by atoms with Crippen LogP contribution in [-0.4, -0.2) is 21.8 Å². The number of hydrogen-bond acceptors (Lipinski definition) is 6. The minimum absolute atomic E-state index is 0.0461. The van der Waals surface area contributed by atoms with Crippen LogP contribution in [0.5, 0.6) is 0 Å². The van der Waals surface area contributed by atoms with Gasteiger partial charge in [-0.1, -0.05) is 36.5 Å². The summed E-state index contributed by atoms with van der Waals surface area (Å²) in [6, 6.07) is 8.64. The molecule has 0 aliphatic heterocycles. The molecule has 0 atom stereocenters. The van der Waals surface area contributed by atoms with Crippen LogP contribution in [0.3, 0.4) is 0 Å². The first-order valence-corrected chi connectivity index (χ1v) is 9.02. The molecule has 9 heteroatoms. The molecule has 2 aromatic heterocycles. The minimum atomic E-state index is -0.752. The molecule has 0 saturated heterocycles. The molecule has 0 unspecified atom stereocenters. The van der Waals surface area contributed by atoms with Crippen molar-refractivity contribution < 1.29 is 9.59 Å². The van der Waals surface area contributed by atoms with Crippen LogP contribution in [0.2, 0.25) is 0 Å². The predicted octanol–water partition coefficient (Wildman–Crippen LogP) is 2.08. The summed E-state index contributed by atoms with van der Waals surface area (Å²) in [6.45, 7) is 1.89. The second-order valence-electron chi connectivity index (χ2n) is 5.06. The Balaban J connectivity index is 1.97. The molecule has 0 aliphatic carbocycles. The summed E-state index contributed by atoms with van der Waals surface area (Å²) in [7, 11) is 0. The zero-order valence-electron chi connectivity index (χ0n) is 13.2. The van der Waals surface area contributed by atoms with E-state index in [1.54, 1.807) is 30.3 Å². The van der Waals surface area contributed by atoms with Gasteiger partial charge in [0, 0.05) is 17.5 Å². The molecule has 2 amide bonds. The highest BCUT2D eigenvalue weighted by Gasteiger charge is 2.22. The molecular weight excluding hydrogens is 360 g/mol. The molecule has 0 aliphatic rings. The van der Waals surface area contributed by atoms with Gasteiger partial charge in [-0.2, -0.15) is 0 Å². The average Bonchev–Trinajstić information content (AvgIpc) is 2.99. The lowest BCUT2D eigenvalue weighted by atomic mass is 10.2. The number of hydrogen-bond donors (Lipinski definition) is 3. The highest BCUT2D eigenvalue weighted by Crippen LogP contribution is 2.26. The number of carbonyl (C=O) groups is 2. The molecule has 1 aromatic carbocycles. The van der Waals surface area contributed by atoms with Gasteiger partial charge in [-0.3, -0.25) is 19.1 Å². The lowest BCUT2D eigenvalue weighted by Gasteiger charge is -2.04. The normalized spacial score (nSPS) is 10.8. The highest BCUT2D eigenvalue weighted by atomic mass is 32.2. The summed E-state index contributed by atoms with van der Waals surface area (Å²) >= 11 is 1.88. The van der Waals surface area contributed by atoms with Crippen molar-refractivity contribution >= 4 is 46.1 Å². The summed E-state index contributed by atoms with van der Waals surface area (Å²) in [4.78, 5) is 43.5. The van der Waals surface area contributed by atoms with Gasteiger partial charge < -0.3 is 10.7 Å². The van der Waals surface area contributed by atoms with E-state index in [0.29, 0.717) is 22.6 Å². The molecule has 25 heavy (non-hydrogen) atoms. The maximum atomic E-state index is 12.3. The molecule has 128 valence electrons. The third-order valence-electron chi connectivity index (χ3n) is 3.43. The Hall–Kier alpha value is -2.65. The number of benzene rings is 1. The number of H-pyrrole nitrogens is 1. The lowest BCUT2D eigenvalue weighted by Crippen LogP contribution is -2.18. The van der Waals surface area contributed by atoms with Crippen LogP contribution in [0, 0.1) is 0 Å². The summed E-state index contributed by atoms with van der Waals surface area (Å²) in [5.41, 5.74) is 6.25. The lowest BCUT2D eigenvalue weighted by molar-refractivity contribution is 0.0978. The topological polar surface area (TPSA) is 118 Å². The van der Waals surface area contributed by atoms with E-state index >= 15 is 0 Å². The second-order valence-corrected chi connectivity index (χ2v) is 6.93. The van der Waals surface area contributed by atoms with E-state index in [9.17, 15) is 14.4 Å². The number of nitrogens with one attached hydrogen (secondary N) is 2. The van der Waals surface area contributed by atoms with Gasteiger partial charge in [-0.15, -0.1) is 0 Å². The van der Waals surface area contributed by atoms with E-state index < -0.39 is 5.91 Å². The van der Waals surface area contributed by atoms with Crippen molar-refractivity contribution in [1.82, 2.24) is 14.7 Å². The largest absolute Gasteiger partial charge is 0.365 e. The number of primary amides is 1. The standard InChI is InChI=1S/C16H14N4O3S2/c1-2-9-18-13-11(16(23)24-9)10(12(17)21)15(19-13)25-20-14(22)8-6-4-3-5-7-8/h3-7,19H,2H2,1H3,(H2,17,21)(H,20,22). The fourth-order valence-corrected chi connectivity index (χ4v) is 3.82. The first-order valence-electron chi connectivity index (χ1n) is 7.39. The van der Waals surface area contributed by atoms with Gasteiger partial charge in [-0.25, -0.2) is 4.98 Å². The van der Waals surface area contributed by atoms with Gasteiger partial charge >= 0.3 is 0 Å². The van der Waals surface area contributed by atoms with Gasteiger partial charge in [0.2, 0.25) is 4.74 Å². The molecule has 0 spiro atoms. The van der Waals surface area contributed by atoms with Crippen molar-refractivity contribution in [2.75, 3.05) is 0 Å². The Kier molecular flexibility index (Phi) is 4.86. The van der Waals surface area contributed by atoms with E-state index in [4.69, 9.17) is 5.73 Å². The SMILES string of the molecule is CCc1nc2[nH]c(SNC(=O)c3ccccc3)c(C(N)=O)c2c(=O)s1. The Morgan fingerprint density at radius 1 is 1.32 bits per heavy atom. The molecule has 3 rings (SSSR count). The monoisotopic (exact) mass is 374 g/mol. The van der Waals surface area contributed by atoms with Crippen LogP contribution in [-0.2, 0) is 6.42 Å². The number of carbonyl (C=O) groups excluding carboxylic acids is 2. The summed E-state index contributed by atoms with van der Waals surface area (Å²) < 4.78 is 2.35. The number of fused-ring (bicyclic) bond motifs is 1. The number of amides is 2. The van der Waals surface area contributed by atoms with Gasteiger partial charge in [0.15, 0.2) is 0 Å². The maximum absolute atomic E-state index is 12.3. The zero-order chi connectivity index (χ0) is 18.0. The third-order valence-corrected chi connectivity index (χ3v) is 5.23. The van der Waals surface area contributed by atoms with Crippen molar-refractivity contribution in [1.29, 1.82) is 0 Å². The number of rotatable bonds is 5. The Morgan fingerprint density at radius 3 is 2.68 bits per heavy atom. The van der Waals surface area contributed by atoms with Gasteiger partial charge in [-0.05, 0) is 18.6 Å². The van der Waals surface area contributed by atoms with Crippen molar-refractivity contribution in [2.45, 2.75) is 18.4 Å².